The van der Waals surface area contributed by atoms with Gasteiger partial charge >= 0.3 is 12.1 Å². The lowest BCUT2D eigenvalue weighted by Gasteiger charge is -2.34. The van der Waals surface area contributed by atoms with Gasteiger partial charge in [-0.15, -0.1) is 0 Å². The third-order valence-electron chi connectivity index (χ3n) is 7.41. The Morgan fingerprint density at radius 2 is 1.76 bits per heavy atom. The molecule has 41 heavy (non-hydrogen) atoms. The maximum absolute atomic E-state index is 11.3. The number of amides is 1. The third-order valence-corrected chi connectivity index (χ3v) is 7.41. The highest BCUT2D eigenvalue weighted by molar-refractivity contribution is 5.92. The van der Waals surface area contributed by atoms with Crippen molar-refractivity contribution in [2.24, 2.45) is 24.6 Å². The molecule has 1 amide bonds. The zero-order valence-corrected chi connectivity index (χ0v) is 23.1. The van der Waals surface area contributed by atoms with Crippen LogP contribution in [0.4, 0.5) is 24.9 Å². The normalized spacial score (nSPS) is 19.0. The van der Waals surface area contributed by atoms with Crippen molar-refractivity contribution < 1.29 is 27.9 Å². The lowest BCUT2D eigenvalue weighted by molar-refractivity contribution is -0.192. The summed E-state index contributed by atoms with van der Waals surface area (Å²) in [6.45, 7) is 7.67. The Labute approximate surface area is 235 Å². The Hall–Kier alpha value is -3.94. The number of carbonyl (C=O) groups excluding carboxylic acids is 1. The molecule has 0 radical (unpaired) electrons. The predicted molar refractivity (Wildman–Crippen MR) is 147 cm³/mol. The van der Waals surface area contributed by atoms with Gasteiger partial charge in [-0.1, -0.05) is 19.1 Å². The number of nitrogens with zero attached hydrogens (tertiary/aromatic N) is 6. The number of benzene rings is 1. The van der Waals surface area contributed by atoms with E-state index in [0.717, 1.165) is 80.5 Å². The van der Waals surface area contributed by atoms with E-state index in [9.17, 15) is 18.0 Å². The number of aromatic nitrogens is 4. The molecule has 1 aliphatic heterocycles. The molecule has 11 nitrogen and oxygen atoms in total. The maximum Gasteiger partial charge on any atom is 0.490 e. The van der Waals surface area contributed by atoms with Crippen LogP contribution in [0.5, 0.6) is 0 Å². The first-order valence-electron chi connectivity index (χ1n) is 13.5. The van der Waals surface area contributed by atoms with Crippen LogP contribution in [0.3, 0.4) is 0 Å². The largest absolute Gasteiger partial charge is 0.490 e. The second-order valence-corrected chi connectivity index (χ2v) is 10.6. The molecule has 2 atom stereocenters. The SMILES string of the molecule is C[C@@H]1C[C@H]1CCCNc1nc(N2CCN(Cc3ccc(C(N)=O)cc3)CC2)nc2c1ncn2C.O=C(O)C(F)(F)F. The van der Waals surface area contributed by atoms with Gasteiger partial charge in [-0.25, -0.2) is 9.78 Å². The fourth-order valence-corrected chi connectivity index (χ4v) is 4.77. The van der Waals surface area contributed by atoms with E-state index in [0.29, 0.717) is 5.56 Å². The van der Waals surface area contributed by atoms with E-state index < -0.39 is 18.1 Å². The number of nitrogens with one attached hydrogen (secondary N) is 1. The quantitative estimate of drug-likeness (QED) is 0.327. The molecule has 1 saturated carbocycles. The number of aliphatic carboxylic acids is 1. The zero-order chi connectivity index (χ0) is 29.7. The Balaban J connectivity index is 0.000000493. The van der Waals surface area contributed by atoms with Crippen molar-refractivity contribution >= 4 is 34.8 Å². The number of halogens is 3. The smallest absolute Gasteiger partial charge is 0.475 e. The average Bonchev–Trinajstić information content (AvgIpc) is 3.51. The summed E-state index contributed by atoms with van der Waals surface area (Å²) in [5.41, 5.74) is 8.76. The Kier molecular flexibility index (Phi) is 9.31. The molecular formula is C27H35F3N8O3. The van der Waals surface area contributed by atoms with Gasteiger partial charge in [0, 0.05) is 51.9 Å². The van der Waals surface area contributed by atoms with Gasteiger partial charge in [-0.3, -0.25) is 9.69 Å². The van der Waals surface area contributed by atoms with Crippen molar-refractivity contribution in [2.75, 3.05) is 42.9 Å². The number of fused-ring (bicyclic) bond motifs is 1. The van der Waals surface area contributed by atoms with E-state index in [1.807, 2.05) is 30.1 Å². The molecule has 0 unspecified atom stereocenters. The minimum Gasteiger partial charge on any atom is -0.475 e. The number of carbonyl (C=O) groups is 2. The molecule has 3 heterocycles. The minimum absolute atomic E-state index is 0.392. The fraction of sp³-hybridized carbons (Fsp3) is 0.519. The van der Waals surface area contributed by atoms with Gasteiger partial charge in [-0.2, -0.15) is 23.1 Å². The van der Waals surface area contributed by atoms with Gasteiger partial charge in [0.1, 0.15) is 0 Å². The van der Waals surface area contributed by atoms with Crippen LogP contribution < -0.4 is 16.0 Å². The summed E-state index contributed by atoms with van der Waals surface area (Å²) in [5, 5.41) is 10.7. The highest BCUT2D eigenvalue weighted by Crippen LogP contribution is 2.41. The number of carboxylic acid groups (broad SMARTS) is 1. The van der Waals surface area contributed by atoms with Crippen LogP contribution in [0.25, 0.3) is 11.2 Å². The molecule has 0 spiro atoms. The van der Waals surface area contributed by atoms with Crippen LogP contribution in [-0.4, -0.2) is 80.3 Å². The van der Waals surface area contributed by atoms with Gasteiger partial charge < -0.3 is 25.6 Å². The van der Waals surface area contributed by atoms with Crippen LogP contribution in [0.15, 0.2) is 30.6 Å². The number of carboxylic acids is 1. The summed E-state index contributed by atoms with van der Waals surface area (Å²) in [7, 11) is 1.98. The van der Waals surface area contributed by atoms with Crippen LogP contribution >= 0.6 is 0 Å². The van der Waals surface area contributed by atoms with E-state index in [1.54, 1.807) is 12.1 Å². The van der Waals surface area contributed by atoms with Crippen molar-refractivity contribution in [1.29, 1.82) is 0 Å². The molecule has 1 aliphatic carbocycles. The van der Waals surface area contributed by atoms with E-state index in [-0.39, 0.29) is 0 Å². The molecule has 4 N–H and O–H groups in total. The summed E-state index contributed by atoms with van der Waals surface area (Å²) in [6, 6.07) is 7.55. The zero-order valence-electron chi connectivity index (χ0n) is 23.1. The molecule has 3 aromatic rings. The van der Waals surface area contributed by atoms with Crippen molar-refractivity contribution in [2.45, 2.75) is 38.9 Å². The van der Waals surface area contributed by atoms with E-state index in [1.165, 1.54) is 18.4 Å². The van der Waals surface area contributed by atoms with Crippen molar-refractivity contribution in [3.8, 4) is 0 Å². The van der Waals surface area contributed by atoms with Crippen molar-refractivity contribution in [3.05, 3.63) is 41.7 Å². The third kappa shape index (κ3) is 8.06. The highest BCUT2D eigenvalue weighted by atomic mass is 19.4. The molecule has 2 aliphatic rings. The first-order valence-corrected chi connectivity index (χ1v) is 13.5. The van der Waals surface area contributed by atoms with Gasteiger partial charge in [0.25, 0.3) is 0 Å². The van der Waals surface area contributed by atoms with Crippen LogP contribution in [0.2, 0.25) is 0 Å². The number of imidazole rings is 1. The summed E-state index contributed by atoms with van der Waals surface area (Å²) in [4.78, 5) is 39.1. The highest BCUT2D eigenvalue weighted by Gasteiger charge is 2.38. The molecule has 1 saturated heterocycles. The van der Waals surface area contributed by atoms with Crippen molar-refractivity contribution in [1.82, 2.24) is 24.4 Å². The standard InChI is InChI=1S/C25H34N8O.C2HF3O2/c1-17-14-20(17)4-3-9-27-23-21-24(31(2)16-28-21)30-25(29-23)33-12-10-32(11-13-33)15-18-5-7-19(8-6-18)22(26)34;3-2(4,5)1(6)7/h5-8,16-17,20H,3-4,9-15H2,1-2H3,(H2,26,34)(H,27,29,30);(H,6,7)/t17-,20-;/m1./s1. The number of aryl methyl sites for hydroxylation is 1. The predicted octanol–water partition coefficient (Wildman–Crippen LogP) is 3.27. The molecule has 0 bridgehead atoms. The molecule has 222 valence electrons. The van der Waals surface area contributed by atoms with E-state index >= 15 is 0 Å². The van der Waals surface area contributed by atoms with Gasteiger partial charge in [-0.05, 0) is 48.8 Å². The lowest BCUT2D eigenvalue weighted by atomic mass is 10.1. The molecule has 2 aromatic heterocycles. The first kappa shape index (κ1) is 30.0. The van der Waals surface area contributed by atoms with E-state index in [2.05, 4.69) is 27.0 Å². The average molecular weight is 577 g/mol. The number of piperazine rings is 1. The summed E-state index contributed by atoms with van der Waals surface area (Å²) < 4.78 is 33.7. The number of primary amides is 1. The lowest BCUT2D eigenvalue weighted by Crippen LogP contribution is -2.46. The second-order valence-electron chi connectivity index (χ2n) is 10.6. The van der Waals surface area contributed by atoms with Crippen LogP contribution in [0, 0.1) is 11.8 Å². The minimum atomic E-state index is -5.08. The fourth-order valence-electron chi connectivity index (χ4n) is 4.77. The number of nitrogens with two attached hydrogens (primary N) is 1. The van der Waals surface area contributed by atoms with Gasteiger partial charge in [0.2, 0.25) is 11.9 Å². The number of anilines is 2. The summed E-state index contributed by atoms with van der Waals surface area (Å²) in [5.74, 6) is 0.266. The summed E-state index contributed by atoms with van der Waals surface area (Å²) >= 11 is 0. The number of alkyl halides is 3. The Morgan fingerprint density at radius 1 is 1.12 bits per heavy atom. The molecular weight excluding hydrogens is 541 g/mol. The van der Waals surface area contributed by atoms with Crippen LogP contribution in [-0.2, 0) is 18.4 Å². The first-order chi connectivity index (χ1) is 19.4. The van der Waals surface area contributed by atoms with E-state index in [4.69, 9.17) is 25.6 Å². The number of rotatable bonds is 9. The number of hydrogen-bond acceptors (Lipinski definition) is 8. The van der Waals surface area contributed by atoms with Crippen LogP contribution in [0.1, 0.15) is 42.1 Å². The second kappa shape index (κ2) is 12.7. The van der Waals surface area contributed by atoms with Crippen molar-refractivity contribution in [3.63, 3.8) is 0 Å². The molecule has 5 rings (SSSR count). The number of hydrogen-bond donors (Lipinski definition) is 3. The Bertz CT molecular complexity index is 1350. The van der Waals surface area contributed by atoms with Gasteiger partial charge in [0.15, 0.2) is 17.0 Å². The maximum atomic E-state index is 11.3. The Morgan fingerprint density at radius 3 is 2.32 bits per heavy atom. The topological polar surface area (TPSA) is 142 Å². The summed E-state index contributed by atoms with van der Waals surface area (Å²) in [6.07, 6.45) is 0.543. The monoisotopic (exact) mass is 576 g/mol. The van der Waals surface area contributed by atoms with Gasteiger partial charge in [0.05, 0.1) is 6.33 Å². The molecule has 1 aromatic carbocycles. The molecule has 2 fully saturated rings. The molecule has 14 heteroatoms.